The number of nitrogens with zero attached hydrogens (tertiary/aromatic N) is 1. The molecule has 2 aromatic heterocycles. The van der Waals surface area contributed by atoms with Crippen LogP contribution in [0.15, 0.2) is 45.4 Å². The number of hydrogen-bond donors (Lipinski definition) is 1. The van der Waals surface area contributed by atoms with Crippen molar-refractivity contribution in [2.24, 2.45) is 0 Å². The highest BCUT2D eigenvalue weighted by molar-refractivity contribution is 5.84. The molecule has 1 aliphatic carbocycles. The second-order valence-corrected chi connectivity index (χ2v) is 8.24. The van der Waals surface area contributed by atoms with Gasteiger partial charge in [0.2, 0.25) is 0 Å². The predicted molar refractivity (Wildman–Crippen MR) is 114 cm³/mol. The molecule has 6 heteroatoms. The first-order valence-corrected chi connectivity index (χ1v) is 11.0. The summed E-state index contributed by atoms with van der Waals surface area (Å²) in [4.78, 5) is 14.8. The van der Waals surface area contributed by atoms with Crippen LogP contribution >= 0.6 is 0 Å². The fraction of sp³-hybridized carbons (Fsp3) is 0.458. The predicted octanol–water partition coefficient (Wildman–Crippen LogP) is 4.24. The third-order valence-electron chi connectivity index (χ3n) is 6.24. The molecule has 6 nitrogen and oxygen atoms in total. The molecule has 1 aromatic carbocycles. The van der Waals surface area contributed by atoms with Crippen molar-refractivity contribution < 1.29 is 18.4 Å². The Hall–Kier alpha value is -2.73. The lowest BCUT2D eigenvalue weighted by atomic mass is 9.96. The third kappa shape index (κ3) is 3.97. The maximum absolute atomic E-state index is 12.4. The van der Waals surface area contributed by atoms with E-state index in [2.05, 4.69) is 10.2 Å². The average Bonchev–Trinajstić information content (AvgIpc) is 3.53. The van der Waals surface area contributed by atoms with Gasteiger partial charge in [-0.15, -0.1) is 0 Å². The number of rotatable bonds is 7. The fourth-order valence-corrected chi connectivity index (χ4v) is 4.69. The van der Waals surface area contributed by atoms with E-state index in [0.29, 0.717) is 12.3 Å². The number of furan rings is 2. The molecule has 3 heterocycles. The Balaban J connectivity index is 1.19. The molecule has 1 saturated heterocycles. The molecule has 1 N–H and O–H groups in total. The van der Waals surface area contributed by atoms with Crippen LogP contribution in [0.25, 0.3) is 11.0 Å². The second kappa shape index (κ2) is 8.56. The first-order valence-electron chi connectivity index (χ1n) is 11.0. The summed E-state index contributed by atoms with van der Waals surface area (Å²) in [6.07, 6.45) is 8.51. The van der Waals surface area contributed by atoms with Gasteiger partial charge in [-0.2, -0.15) is 0 Å². The largest absolute Gasteiger partial charge is 0.484 e. The lowest BCUT2D eigenvalue weighted by Crippen LogP contribution is -2.38. The van der Waals surface area contributed by atoms with Crippen LogP contribution in [0.4, 0.5) is 0 Å². The van der Waals surface area contributed by atoms with Crippen molar-refractivity contribution in [2.75, 3.05) is 26.2 Å². The summed E-state index contributed by atoms with van der Waals surface area (Å²) in [5.74, 6) is 2.58. The van der Waals surface area contributed by atoms with E-state index in [1.165, 1.54) is 31.2 Å². The molecule has 1 amide bonds. The molecule has 3 aromatic rings. The molecule has 0 radical (unpaired) electrons. The first kappa shape index (κ1) is 19.2. The SMILES string of the molecule is O=C(COc1ccc2oc3c(c2c1)CCCC3)NC[C@H](c1ccco1)N1CCCC1. The van der Waals surface area contributed by atoms with Crippen molar-refractivity contribution in [1.82, 2.24) is 10.2 Å². The zero-order valence-corrected chi connectivity index (χ0v) is 17.2. The summed E-state index contributed by atoms with van der Waals surface area (Å²) in [6.45, 7) is 2.58. The van der Waals surface area contributed by atoms with Gasteiger partial charge in [0.15, 0.2) is 6.61 Å². The van der Waals surface area contributed by atoms with Crippen molar-refractivity contribution in [2.45, 2.75) is 44.6 Å². The zero-order valence-electron chi connectivity index (χ0n) is 17.2. The van der Waals surface area contributed by atoms with Crippen LogP contribution in [0.5, 0.6) is 5.75 Å². The van der Waals surface area contributed by atoms with Crippen LogP contribution in [0.2, 0.25) is 0 Å². The van der Waals surface area contributed by atoms with Gasteiger partial charge in [0.1, 0.15) is 22.9 Å². The van der Waals surface area contributed by atoms with Gasteiger partial charge in [0.05, 0.1) is 12.3 Å². The average molecular weight is 408 g/mol. The van der Waals surface area contributed by atoms with E-state index < -0.39 is 0 Å². The summed E-state index contributed by atoms with van der Waals surface area (Å²) >= 11 is 0. The maximum Gasteiger partial charge on any atom is 0.258 e. The number of carbonyl (C=O) groups excluding carboxylic acids is 1. The van der Waals surface area contributed by atoms with Crippen molar-refractivity contribution in [3.63, 3.8) is 0 Å². The molecule has 0 spiro atoms. The van der Waals surface area contributed by atoms with Crippen molar-refractivity contribution in [1.29, 1.82) is 0 Å². The number of nitrogens with one attached hydrogen (secondary N) is 1. The Labute approximate surface area is 176 Å². The minimum absolute atomic E-state index is 0.00355. The highest BCUT2D eigenvalue weighted by Crippen LogP contribution is 2.34. The standard InChI is InChI=1S/C24H28N2O4/c27-24(25-15-20(23-8-5-13-28-23)26-11-3-4-12-26)16-29-17-9-10-22-19(14-17)18-6-1-2-7-21(18)30-22/h5,8-10,13-14,20H,1-4,6-7,11-12,15-16H2,(H,25,27)/t20-/m1/s1. The fourth-order valence-electron chi connectivity index (χ4n) is 4.69. The van der Waals surface area contributed by atoms with Gasteiger partial charge in [-0.1, -0.05) is 0 Å². The summed E-state index contributed by atoms with van der Waals surface area (Å²) in [5, 5.41) is 4.14. The van der Waals surface area contributed by atoms with E-state index in [1.807, 2.05) is 30.3 Å². The number of hydrogen-bond acceptors (Lipinski definition) is 5. The number of amides is 1. The summed E-state index contributed by atoms with van der Waals surface area (Å²) in [6, 6.07) is 9.77. The van der Waals surface area contributed by atoms with Crippen LogP contribution in [0.3, 0.4) is 0 Å². The van der Waals surface area contributed by atoms with Gasteiger partial charge in [-0.3, -0.25) is 9.69 Å². The van der Waals surface area contributed by atoms with E-state index in [9.17, 15) is 4.79 Å². The molecule has 158 valence electrons. The maximum atomic E-state index is 12.4. The van der Waals surface area contributed by atoms with Crippen LogP contribution < -0.4 is 10.1 Å². The minimum atomic E-state index is -0.125. The van der Waals surface area contributed by atoms with Crippen LogP contribution in [0, 0.1) is 0 Å². The van der Waals surface area contributed by atoms with E-state index >= 15 is 0 Å². The van der Waals surface area contributed by atoms with Gasteiger partial charge in [-0.25, -0.2) is 0 Å². The minimum Gasteiger partial charge on any atom is -0.484 e. The summed E-state index contributed by atoms with van der Waals surface area (Å²) < 4.78 is 17.4. The lowest BCUT2D eigenvalue weighted by molar-refractivity contribution is -0.123. The topological polar surface area (TPSA) is 67.8 Å². The zero-order chi connectivity index (χ0) is 20.3. The first-order chi connectivity index (χ1) is 14.8. The number of carbonyl (C=O) groups is 1. The molecule has 0 saturated carbocycles. The van der Waals surface area contributed by atoms with E-state index in [4.69, 9.17) is 13.6 Å². The molecule has 1 fully saturated rings. The molecular formula is C24H28N2O4. The van der Waals surface area contributed by atoms with E-state index in [-0.39, 0.29) is 18.6 Å². The van der Waals surface area contributed by atoms with Crippen molar-refractivity contribution in [3.05, 3.63) is 53.7 Å². The number of ether oxygens (including phenoxy) is 1. The summed E-state index contributed by atoms with van der Waals surface area (Å²) in [5.41, 5.74) is 2.21. The highest BCUT2D eigenvalue weighted by Gasteiger charge is 2.26. The van der Waals surface area contributed by atoms with Gasteiger partial charge in [0, 0.05) is 23.9 Å². The molecule has 30 heavy (non-hydrogen) atoms. The number of aryl methyl sites for hydroxylation is 2. The molecule has 1 atom stereocenters. The third-order valence-corrected chi connectivity index (χ3v) is 6.24. The molecular weight excluding hydrogens is 380 g/mol. The van der Waals surface area contributed by atoms with Crippen LogP contribution in [-0.2, 0) is 17.6 Å². The summed E-state index contributed by atoms with van der Waals surface area (Å²) in [7, 11) is 0. The highest BCUT2D eigenvalue weighted by atomic mass is 16.5. The van der Waals surface area contributed by atoms with Crippen LogP contribution in [-0.4, -0.2) is 37.0 Å². The van der Waals surface area contributed by atoms with Gasteiger partial charge >= 0.3 is 0 Å². The molecule has 2 aliphatic rings. The lowest BCUT2D eigenvalue weighted by Gasteiger charge is -2.26. The van der Waals surface area contributed by atoms with Gasteiger partial charge in [0.25, 0.3) is 5.91 Å². The molecule has 0 unspecified atom stereocenters. The molecule has 0 bridgehead atoms. The number of benzene rings is 1. The monoisotopic (exact) mass is 408 g/mol. The Morgan fingerprint density at radius 2 is 2.00 bits per heavy atom. The number of likely N-dealkylation sites (tertiary alicyclic amines) is 1. The Kier molecular flexibility index (Phi) is 5.49. The Morgan fingerprint density at radius 3 is 2.83 bits per heavy atom. The second-order valence-electron chi connectivity index (χ2n) is 8.24. The van der Waals surface area contributed by atoms with E-state index in [1.54, 1.807) is 6.26 Å². The van der Waals surface area contributed by atoms with E-state index in [0.717, 1.165) is 48.4 Å². The molecule has 5 rings (SSSR count). The van der Waals surface area contributed by atoms with Crippen molar-refractivity contribution >= 4 is 16.9 Å². The van der Waals surface area contributed by atoms with Crippen LogP contribution in [0.1, 0.15) is 48.8 Å². The molecule has 1 aliphatic heterocycles. The quantitative estimate of drug-likeness (QED) is 0.633. The van der Waals surface area contributed by atoms with Crippen molar-refractivity contribution in [3.8, 4) is 5.75 Å². The normalized spacial score (nSPS) is 17.7. The van der Waals surface area contributed by atoms with Gasteiger partial charge < -0.3 is 18.9 Å². The smallest absolute Gasteiger partial charge is 0.258 e. The number of fused-ring (bicyclic) bond motifs is 3. The Morgan fingerprint density at radius 1 is 1.13 bits per heavy atom. The Bertz CT molecular complexity index is 1000. The van der Waals surface area contributed by atoms with Gasteiger partial charge in [-0.05, 0) is 75.5 Å².